The fourth-order valence-corrected chi connectivity index (χ4v) is 5.41. The Morgan fingerprint density at radius 2 is 1.83 bits per heavy atom. The Kier molecular flexibility index (Phi) is 7.10. The van der Waals surface area contributed by atoms with Crippen LogP contribution in [0.3, 0.4) is 0 Å². The standard InChI is InChI=1S/C29H35N3O3/c1-6-35-28(34)25-16-26(24-10-8-7-9-20(24)3)32(31-25)23-13-11-21(12-14-23)27(33)30-22-15-19(2)17-29(4,5)18-22/h7-14,16,19,22H,6,15,17-18H2,1-5H3,(H,30,33). The van der Waals surface area contributed by atoms with E-state index in [0.717, 1.165) is 35.3 Å². The Labute approximate surface area is 207 Å². The maximum atomic E-state index is 13.0. The topological polar surface area (TPSA) is 73.2 Å². The predicted octanol–water partition coefficient (Wildman–Crippen LogP) is 5.97. The second-order valence-electron chi connectivity index (χ2n) is 10.5. The molecule has 2 aromatic carbocycles. The number of esters is 1. The highest BCUT2D eigenvalue weighted by molar-refractivity contribution is 5.94. The van der Waals surface area contributed by atoms with Crippen molar-refractivity contribution in [2.24, 2.45) is 11.3 Å². The molecular formula is C29H35N3O3. The van der Waals surface area contributed by atoms with Gasteiger partial charge in [-0.1, -0.05) is 45.0 Å². The fraction of sp³-hybridized carbons (Fsp3) is 0.414. The number of benzene rings is 2. The van der Waals surface area contributed by atoms with Crippen molar-refractivity contribution in [3.8, 4) is 16.9 Å². The van der Waals surface area contributed by atoms with E-state index < -0.39 is 5.97 Å². The third-order valence-corrected chi connectivity index (χ3v) is 6.71. The van der Waals surface area contributed by atoms with Crippen LogP contribution >= 0.6 is 0 Å². The molecule has 0 radical (unpaired) electrons. The molecule has 0 bridgehead atoms. The summed E-state index contributed by atoms with van der Waals surface area (Å²) in [4.78, 5) is 25.4. The summed E-state index contributed by atoms with van der Waals surface area (Å²) in [6, 6.07) is 17.3. The third-order valence-electron chi connectivity index (χ3n) is 6.71. The van der Waals surface area contributed by atoms with Crippen molar-refractivity contribution in [2.45, 2.75) is 59.9 Å². The van der Waals surface area contributed by atoms with Gasteiger partial charge in [0.1, 0.15) is 0 Å². The molecule has 35 heavy (non-hydrogen) atoms. The van der Waals surface area contributed by atoms with Gasteiger partial charge in [-0.05, 0) is 80.3 Å². The molecule has 1 fully saturated rings. The number of carbonyl (C=O) groups is 2. The van der Waals surface area contributed by atoms with Gasteiger partial charge in [0.25, 0.3) is 5.91 Å². The number of carbonyl (C=O) groups excluding carboxylic acids is 2. The molecule has 0 spiro atoms. The fourth-order valence-electron chi connectivity index (χ4n) is 5.41. The Morgan fingerprint density at radius 1 is 1.11 bits per heavy atom. The van der Waals surface area contributed by atoms with Crippen LogP contribution < -0.4 is 5.32 Å². The molecule has 6 nitrogen and oxygen atoms in total. The molecule has 1 amide bonds. The normalized spacial score (nSPS) is 19.2. The molecule has 2 atom stereocenters. The summed E-state index contributed by atoms with van der Waals surface area (Å²) in [5.41, 5.74) is 4.71. The van der Waals surface area contributed by atoms with E-state index >= 15 is 0 Å². The van der Waals surface area contributed by atoms with Crippen LogP contribution in [0.1, 0.15) is 73.4 Å². The highest BCUT2D eigenvalue weighted by Crippen LogP contribution is 2.38. The Bertz CT molecular complexity index is 1210. The summed E-state index contributed by atoms with van der Waals surface area (Å²) < 4.78 is 6.91. The number of hydrogen-bond acceptors (Lipinski definition) is 4. The van der Waals surface area contributed by atoms with Crippen LogP contribution in [0.4, 0.5) is 0 Å². The third kappa shape index (κ3) is 5.64. The summed E-state index contributed by atoms with van der Waals surface area (Å²) in [6.45, 7) is 10.9. The summed E-state index contributed by atoms with van der Waals surface area (Å²) in [7, 11) is 0. The minimum atomic E-state index is -0.457. The van der Waals surface area contributed by atoms with E-state index in [1.165, 1.54) is 6.42 Å². The second-order valence-corrected chi connectivity index (χ2v) is 10.5. The van der Waals surface area contributed by atoms with Gasteiger partial charge >= 0.3 is 5.97 Å². The molecule has 4 rings (SSSR count). The molecule has 0 aliphatic heterocycles. The van der Waals surface area contributed by atoms with Crippen LogP contribution in [0.2, 0.25) is 0 Å². The van der Waals surface area contributed by atoms with Gasteiger partial charge in [-0.3, -0.25) is 4.79 Å². The van der Waals surface area contributed by atoms with Gasteiger partial charge in [0.15, 0.2) is 5.69 Å². The summed E-state index contributed by atoms with van der Waals surface area (Å²) in [6.07, 6.45) is 3.19. The van der Waals surface area contributed by atoms with Crippen molar-refractivity contribution in [2.75, 3.05) is 6.61 Å². The zero-order chi connectivity index (χ0) is 25.2. The molecule has 1 aromatic heterocycles. The van der Waals surface area contributed by atoms with Crippen LogP contribution in [0.5, 0.6) is 0 Å². The van der Waals surface area contributed by atoms with Crippen molar-refractivity contribution in [1.82, 2.24) is 15.1 Å². The van der Waals surface area contributed by atoms with Gasteiger partial charge in [0.05, 0.1) is 18.0 Å². The number of nitrogens with one attached hydrogen (secondary N) is 1. The van der Waals surface area contributed by atoms with Gasteiger partial charge in [-0.2, -0.15) is 5.10 Å². The van der Waals surface area contributed by atoms with E-state index in [2.05, 4.69) is 31.2 Å². The van der Waals surface area contributed by atoms with Gasteiger partial charge in [-0.15, -0.1) is 0 Å². The van der Waals surface area contributed by atoms with Crippen molar-refractivity contribution in [1.29, 1.82) is 0 Å². The highest BCUT2D eigenvalue weighted by atomic mass is 16.5. The first-order valence-electron chi connectivity index (χ1n) is 12.4. The number of hydrogen-bond donors (Lipinski definition) is 1. The first kappa shape index (κ1) is 24.7. The van der Waals surface area contributed by atoms with E-state index in [4.69, 9.17) is 4.74 Å². The average molecular weight is 474 g/mol. The molecule has 6 heteroatoms. The van der Waals surface area contributed by atoms with Crippen LogP contribution in [0.15, 0.2) is 54.6 Å². The minimum Gasteiger partial charge on any atom is -0.461 e. The number of aryl methyl sites for hydroxylation is 1. The maximum Gasteiger partial charge on any atom is 0.358 e. The van der Waals surface area contributed by atoms with Crippen molar-refractivity contribution < 1.29 is 14.3 Å². The second kappa shape index (κ2) is 10.1. The van der Waals surface area contributed by atoms with Crippen LogP contribution in [0, 0.1) is 18.3 Å². The molecule has 184 valence electrons. The minimum absolute atomic E-state index is 0.0572. The molecule has 1 N–H and O–H groups in total. The lowest BCUT2D eigenvalue weighted by atomic mass is 9.70. The van der Waals surface area contributed by atoms with E-state index in [1.807, 2.05) is 55.5 Å². The van der Waals surface area contributed by atoms with Gasteiger partial charge in [0, 0.05) is 17.2 Å². The monoisotopic (exact) mass is 473 g/mol. The number of ether oxygens (including phenoxy) is 1. The van der Waals surface area contributed by atoms with E-state index in [0.29, 0.717) is 11.5 Å². The molecular weight excluding hydrogens is 438 g/mol. The predicted molar refractivity (Wildman–Crippen MR) is 138 cm³/mol. The summed E-state index contributed by atoms with van der Waals surface area (Å²) in [5, 5.41) is 7.79. The highest BCUT2D eigenvalue weighted by Gasteiger charge is 2.32. The molecule has 3 aromatic rings. The van der Waals surface area contributed by atoms with Crippen LogP contribution in [-0.2, 0) is 4.74 Å². The van der Waals surface area contributed by atoms with Crippen LogP contribution in [-0.4, -0.2) is 34.3 Å². The number of nitrogens with zero attached hydrogens (tertiary/aromatic N) is 2. The summed E-state index contributed by atoms with van der Waals surface area (Å²) >= 11 is 0. The van der Waals surface area contributed by atoms with Gasteiger partial charge in [-0.25, -0.2) is 9.48 Å². The lowest BCUT2D eigenvalue weighted by Gasteiger charge is -2.39. The zero-order valence-corrected chi connectivity index (χ0v) is 21.3. The molecule has 1 aliphatic carbocycles. The zero-order valence-electron chi connectivity index (χ0n) is 21.3. The Balaban J connectivity index is 1.60. The molecule has 1 aliphatic rings. The summed E-state index contributed by atoms with van der Waals surface area (Å²) in [5.74, 6) is 0.0830. The van der Waals surface area contributed by atoms with Gasteiger partial charge < -0.3 is 10.1 Å². The first-order chi connectivity index (χ1) is 16.7. The Hall–Kier alpha value is -3.41. The van der Waals surface area contributed by atoms with Crippen LogP contribution in [0.25, 0.3) is 16.9 Å². The molecule has 0 saturated heterocycles. The number of rotatable bonds is 6. The SMILES string of the molecule is CCOC(=O)c1cc(-c2ccccc2C)n(-c2ccc(C(=O)NC3CC(C)CC(C)(C)C3)cc2)n1. The largest absolute Gasteiger partial charge is 0.461 e. The average Bonchev–Trinajstić information content (AvgIpc) is 3.23. The van der Waals surface area contributed by atoms with Crippen molar-refractivity contribution in [3.05, 3.63) is 71.4 Å². The quantitative estimate of drug-likeness (QED) is 0.448. The van der Waals surface area contributed by atoms with E-state index in [1.54, 1.807) is 17.7 Å². The number of amides is 1. The first-order valence-corrected chi connectivity index (χ1v) is 12.4. The van der Waals surface area contributed by atoms with Crippen molar-refractivity contribution >= 4 is 11.9 Å². The lowest BCUT2D eigenvalue weighted by Crippen LogP contribution is -2.42. The Morgan fingerprint density at radius 3 is 2.49 bits per heavy atom. The smallest absolute Gasteiger partial charge is 0.358 e. The lowest BCUT2D eigenvalue weighted by molar-refractivity contribution is 0.0518. The molecule has 2 unspecified atom stereocenters. The molecule has 1 saturated carbocycles. The van der Waals surface area contributed by atoms with Crippen molar-refractivity contribution in [3.63, 3.8) is 0 Å². The maximum absolute atomic E-state index is 13.0. The number of aromatic nitrogens is 2. The van der Waals surface area contributed by atoms with Gasteiger partial charge in [0.2, 0.25) is 0 Å². The molecule has 1 heterocycles. The van der Waals surface area contributed by atoms with E-state index in [-0.39, 0.29) is 29.7 Å². The van der Waals surface area contributed by atoms with E-state index in [9.17, 15) is 9.59 Å².